The number of rotatable bonds is 5. The second-order valence-corrected chi connectivity index (χ2v) is 4.68. The van der Waals surface area contributed by atoms with Gasteiger partial charge in [-0.2, -0.15) is 5.10 Å². The molecule has 0 fully saturated rings. The average molecular weight is 208 g/mol. The van der Waals surface area contributed by atoms with Crippen molar-refractivity contribution in [3.63, 3.8) is 0 Å². The van der Waals surface area contributed by atoms with Gasteiger partial charge in [0.15, 0.2) is 0 Å². The van der Waals surface area contributed by atoms with Crippen molar-refractivity contribution in [3.05, 3.63) is 18.0 Å². The van der Waals surface area contributed by atoms with Gasteiger partial charge in [0.1, 0.15) is 5.78 Å². The van der Waals surface area contributed by atoms with E-state index in [1.165, 1.54) is 0 Å². The fourth-order valence-corrected chi connectivity index (χ4v) is 1.39. The van der Waals surface area contributed by atoms with Crippen molar-refractivity contribution in [3.8, 4) is 0 Å². The predicted octanol–water partition coefficient (Wildman–Crippen LogP) is 2.36. The predicted molar refractivity (Wildman–Crippen MR) is 60.6 cm³/mol. The Morgan fingerprint density at radius 1 is 1.53 bits per heavy atom. The third kappa shape index (κ3) is 3.18. The van der Waals surface area contributed by atoms with E-state index in [9.17, 15) is 4.79 Å². The Morgan fingerprint density at radius 2 is 2.20 bits per heavy atom. The van der Waals surface area contributed by atoms with Crippen LogP contribution in [0.15, 0.2) is 12.4 Å². The number of hydrogen-bond donors (Lipinski definition) is 0. The molecule has 0 spiro atoms. The molecule has 3 nitrogen and oxygen atoms in total. The van der Waals surface area contributed by atoms with Gasteiger partial charge in [0.25, 0.3) is 0 Å². The first-order valence-electron chi connectivity index (χ1n) is 5.46. The third-order valence-corrected chi connectivity index (χ3v) is 3.04. The van der Waals surface area contributed by atoms with E-state index < -0.39 is 0 Å². The molecule has 15 heavy (non-hydrogen) atoms. The van der Waals surface area contributed by atoms with Gasteiger partial charge in [0, 0.05) is 25.1 Å². The number of nitrogens with zero attached hydrogens (tertiary/aromatic N) is 2. The van der Waals surface area contributed by atoms with Crippen LogP contribution in [0.5, 0.6) is 0 Å². The van der Waals surface area contributed by atoms with Crippen molar-refractivity contribution in [2.24, 2.45) is 12.5 Å². The van der Waals surface area contributed by atoms with E-state index in [1.54, 1.807) is 4.68 Å². The minimum atomic E-state index is -0.178. The summed E-state index contributed by atoms with van der Waals surface area (Å²) in [4.78, 5) is 11.8. The van der Waals surface area contributed by atoms with Gasteiger partial charge in [-0.1, -0.05) is 20.8 Å². The summed E-state index contributed by atoms with van der Waals surface area (Å²) in [5.41, 5.74) is 0.958. The lowest BCUT2D eigenvalue weighted by Gasteiger charge is -2.20. The fourth-order valence-electron chi connectivity index (χ4n) is 1.39. The largest absolute Gasteiger partial charge is 0.299 e. The highest BCUT2D eigenvalue weighted by Crippen LogP contribution is 2.23. The van der Waals surface area contributed by atoms with E-state index >= 15 is 0 Å². The molecule has 0 saturated carbocycles. The number of ketones is 1. The molecule has 84 valence electrons. The van der Waals surface area contributed by atoms with Crippen LogP contribution in [0.25, 0.3) is 0 Å². The number of aryl methyl sites for hydroxylation is 2. The fraction of sp³-hybridized carbons (Fsp3) is 0.667. The molecule has 0 radical (unpaired) electrons. The minimum absolute atomic E-state index is 0.178. The molecule has 0 aromatic carbocycles. The van der Waals surface area contributed by atoms with E-state index in [0.717, 1.165) is 18.4 Å². The van der Waals surface area contributed by atoms with Gasteiger partial charge < -0.3 is 0 Å². The van der Waals surface area contributed by atoms with E-state index in [1.807, 2.05) is 33.3 Å². The summed E-state index contributed by atoms with van der Waals surface area (Å²) in [7, 11) is 1.89. The summed E-state index contributed by atoms with van der Waals surface area (Å²) in [5, 5.41) is 4.08. The molecule has 0 amide bonds. The first kappa shape index (κ1) is 12.0. The van der Waals surface area contributed by atoms with Crippen LogP contribution in [0.2, 0.25) is 0 Å². The molecule has 0 unspecified atom stereocenters. The van der Waals surface area contributed by atoms with Crippen LogP contribution < -0.4 is 0 Å². The Bertz CT molecular complexity index is 339. The maximum Gasteiger partial charge on any atom is 0.138 e. The standard InChI is InChI=1S/C12H20N2O/c1-5-12(2,3)11(15)7-6-10-8-13-14(4)9-10/h8-9H,5-7H2,1-4H3. The summed E-state index contributed by atoms with van der Waals surface area (Å²) in [6, 6.07) is 0. The van der Waals surface area contributed by atoms with Crippen LogP contribution in [0, 0.1) is 5.41 Å². The number of hydrogen-bond acceptors (Lipinski definition) is 2. The van der Waals surface area contributed by atoms with E-state index in [4.69, 9.17) is 0 Å². The summed E-state index contributed by atoms with van der Waals surface area (Å²) in [6.45, 7) is 6.08. The van der Waals surface area contributed by atoms with Gasteiger partial charge in [0.2, 0.25) is 0 Å². The van der Waals surface area contributed by atoms with Crippen LogP contribution in [0.3, 0.4) is 0 Å². The van der Waals surface area contributed by atoms with E-state index in [0.29, 0.717) is 12.2 Å². The number of carbonyl (C=O) groups is 1. The maximum absolute atomic E-state index is 11.8. The van der Waals surface area contributed by atoms with Crippen molar-refractivity contribution in [2.45, 2.75) is 40.0 Å². The zero-order valence-corrected chi connectivity index (χ0v) is 10.1. The van der Waals surface area contributed by atoms with Crippen LogP contribution in [-0.4, -0.2) is 15.6 Å². The molecule has 0 saturated heterocycles. The van der Waals surface area contributed by atoms with Gasteiger partial charge in [-0.15, -0.1) is 0 Å². The monoisotopic (exact) mass is 208 g/mol. The second-order valence-electron chi connectivity index (χ2n) is 4.68. The SMILES string of the molecule is CCC(C)(C)C(=O)CCc1cnn(C)c1. The molecule has 1 aromatic rings. The highest BCUT2D eigenvalue weighted by atomic mass is 16.1. The molecule has 0 aliphatic carbocycles. The van der Waals surface area contributed by atoms with Gasteiger partial charge in [0.05, 0.1) is 6.20 Å². The van der Waals surface area contributed by atoms with Crippen LogP contribution in [0.1, 0.15) is 39.2 Å². The Kier molecular flexibility index (Phi) is 3.66. The molecular formula is C12H20N2O. The lowest BCUT2D eigenvalue weighted by atomic mass is 9.83. The highest BCUT2D eigenvalue weighted by Gasteiger charge is 2.24. The van der Waals surface area contributed by atoms with Gasteiger partial charge in [-0.05, 0) is 18.4 Å². The zero-order chi connectivity index (χ0) is 11.5. The normalized spacial score (nSPS) is 11.7. The molecule has 0 aliphatic rings. The minimum Gasteiger partial charge on any atom is -0.299 e. The summed E-state index contributed by atoms with van der Waals surface area (Å²) >= 11 is 0. The van der Waals surface area contributed by atoms with Crippen LogP contribution >= 0.6 is 0 Å². The number of aromatic nitrogens is 2. The lowest BCUT2D eigenvalue weighted by molar-refractivity contribution is -0.127. The molecular weight excluding hydrogens is 188 g/mol. The number of Topliss-reactive ketones (excluding diaryl/α,β-unsaturated/α-hetero) is 1. The Morgan fingerprint density at radius 3 is 2.67 bits per heavy atom. The van der Waals surface area contributed by atoms with Crippen molar-refractivity contribution < 1.29 is 4.79 Å². The van der Waals surface area contributed by atoms with Crippen molar-refractivity contribution in [1.82, 2.24) is 9.78 Å². The highest BCUT2D eigenvalue weighted by molar-refractivity contribution is 5.84. The molecule has 1 heterocycles. The molecule has 1 rings (SSSR count). The molecule has 0 aliphatic heterocycles. The second kappa shape index (κ2) is 4.60. The molecule has 3 heteroatoms. The molecule has 1 aromatic heterocycles. The van der Waals surface area contributed by atoms with Crippen LogP contribution in [-0.2, 0) is 18.3 Å². The quantitative estimate of drug-likeness (QED) is 0.744. The molecule has 0 atom stereocenters. The lowest BCUT2D eigenvalue weighted by Crippen LogP contribution is -2.23. The Balaban J connectivity index is 2.47. The van der Waals surface area contributed by atoms with E-state index in [2.05, 4.69) is 12.0 Å². The van der Waals surface area contributed by atoms with Gasteiger partial charge >= 0.3 is 0 Å². The topological polar surface area (TPSA) is 34.9 Å². The van der Waals surface area contributed by atoms with E-state index in [-0.39, 0.29) is 5.41 Å². The van der Waals surface area contributed by atoms with Gasteiger partial charge in [-0.3, -0.25) is 9.48 Å². The van der Waals surface area contributed by atoms with Gasteiger partial charge in [-0.25, -0.2) is 0 Å². The summed E-state index contributed by atoms with van der Waals surface area (Å²) in [6.07, 6.45) is 6.11. The summed E-state index contributed by atoms with van der Waals surface area (Å²) in [5.74, 6) is 0.342. The average Bonchev–Trinajstić information content (AvgIpc) is 2.60. The van der Waals surface area contributed by atoms with Crippen molar-refractivity contribution in [2.75, 3.05) is 0 Å². The van der Waals surface area contributed by atoms with Crippen molar-refractivity contribution in [1.29, 1.82) is 0 Å². The van der Waals surface area contributed by atoms with Crippen LogP contribution in [0.4, 0.5) is 0 Å². The third-order valence-electron chi connectivity index (χ3n) is 3.04. The summed E-state index contributed by atoms with van der Waals surface area (Å²) < 4.78 is 1.77. The van der Waals surface area contributed by atoms with Crippen molar-refractivity contribution >= 4 is 5.78 Å². The Hall–Kier alpha value is -1.12. The molecule has 0 bridgehead atoms. The first-order chi connectivity index (χ1) is 6.95. The first-order valence-corrected chi connectivity index (χ1v) is 5.46. The Labute approximate surface area is 91.5 Å². The maximum atomic E-state index is 11.8. The zero-order valence-electron chi connectivity index (χ0n) is 10.1. The smallest absolute Gasteiger partial charge is 0.138 e. The number of carbonyl (C=O) groups excluding carboxylic acids is 1. The molecule has 0 N–H and O–H groups in total.